The van der Waals surface area contributed by atoms with E-state index in [2.05, 4.69) is 39.9 Å². The third-order valence-corrected chi connectivity index (χ3v) is 3.34. The molecule has 0 radical (unpaired) electrons. The van der Waals surface area contributed by atoms with E-state index >= 15 is 0 Å². The van der Waals surface area contributed by atoms with Crippen LogP contribution >= 0.6 is 15.9 Å². The topological polar surface area (TPSA) is 50.9 Å². The van der Waals surface area contributed by atoms with Gasteiger partial charge in [-0.15, -0.1) is 0 Å². The second-order valence-corrected chi connectivity index (χ2v) is 5.94. The summed E-state index contributed by atoms with van der Waals surface area (Å²) in [5.41, 5.74) is 0.883. The first kappa shape index (κ1) is 14.2. The zero-order valence-electron chi connectivity index (χ0n) is 11.1. The first-order valence-electron chi connectivity index (χ1n) is 6.36. The van der Waals surface area contributed by atoms with E-state index in [9.17, 15) is 5.11 Å². The first-order valence-corrected chi connectivity index (χ1v) is 7.15. The first-order chi connectivity index (χ1) is 9.06. The quantitative estimate of drug-likeness (QED) is 0.920. The van der Waals surface area contributed by atoms with Crippen LogP contribution in [0.1, 0.15) is 31.3 Å². The minimum atomic E-state index is -0.562. The van der Waals surface area contributed by atoms with Gasteiger partial charge in [-0.25, -0.2) is 9.67 Å². The maximum atomic E-state index is 10.3. The van der Waals surface area contributed by atoms with Gasteiger partial charge in [0.2, 0.25) is 0 Å². The normalized spacial score (nSPS) is 12.9. The van der Waals surface area contributed by atoms with E-state index in [0.717, 1.165) is 22.4 Å². The molecule has 0 aliphatic rings. The lowest BCUT2D eigenvalue weighted by Crippen LogP contribution is -2.13. The van der Waals surface area contributed by atoms with Gasteiger partial charge in [-0.05, 0) is 23.6 Å². The van der Waals surface area contributed by atoms with E-state index in [4.69, 9.17) is 0 Å². The SMILES string of the molecule is CC(C)Cn1ncnc1CC(O)c1cccc(Br)c1. The van der Waals surface area contributed by atoms with Crippen molar-refractivity contribution in [3.8, 4) is 0 Å². The second kappa shape index (κ2) is 6.30. The van der Waals surface area contributed by atoms with Gasteiger partial charge in [0, 0.05) is 17.4 Å². The van der Waals surface area contributed by atoms with Gasteiger partial charge in [0.05, 0.1) is 6.10 Å². The Hall–Kier alpha value is -1.20. The summed E-state index contributed by atoms with van der Waals surface area (Å²) < 4.78 is 2.83. The average molecular weight is 324 g/mol. The monoisotopic (exact) mass is 323 g/mol. The Balaban J connectivity index is 2.10. The van der Waals surface area contributed by atoms with Crippen LogP contribution in [-0.4, -0.2) is 19.9 Å². The fourth-order valence-corrected chi connectivity index (χ4v) is 2.37. The molecule has 1 N–H and O–H groups in total. The van der Waals surface area contributed by atoms with Crippen LogP contribution in [0.2, 0.25) is 0 Å². The van der Waals surface area contributed by atoms with Crippen molar-refractivity contribution in [1.82, 2.24) is 14.8 Å². The molecule has 5 heteroatoms. The zero-order chi connectivity index (χ0) is 13.8. The summed E-state index contributed by atoms with van der Waals surface area (Å²) >= 11 is 3.41. The largest absolute Gasteiger partial charge is 0.388 e. The predicted octanol–water partition coefficient (Wildman–Crippen LogP) is 2.97. The molecule has 1 atom stereocenters. The van der Waals surface area contributed by atoms with Crippen LogP contribution in [0.25, 0.3) is 0 Å². The third kappa shape index (κ3) is 3.88. The molecule has 2 aromatic rings. The lowest BCUT2D eigenvalue weighted by Gasteiger charge is -2.13. The Morgan fingerprint density at radius 3 is 2.84 bits per heavy atom. The number of halogens is 1. The van der Waals surface area contributed by atoms with E-state index in [1.807, 2.05) is 28.9 Å². The molecule has 0 aliphatic carbocycles. The summed E-state index contributed by atoms with van der Waals surface area (Å²) in [6.07, 6.45) is 1.46. The molecule has 1 unspecified atom stereocenters. The highest BCUT2D eigenvalue weighted by Gasteiger charge is 2.14. The molecule has 0 saturated heterocycles. The van der Waals surface area contributed by atoms with Crippen LogP contribution in [0.15, 0.2) is 35.1 Å². The summed E-state index contributed by atoms with van der Waals surface area (Å²) in [6.45, 7) is 5.09. The lowest BCUT2D eigenvalue weighted by molar-refractivity contribution is 0.173. The number of aliphatic hydroxyl groups excluding tert-OH is 1. The van der Waals surface area contributed by atoms with Crippen molar-refractivity contribution >= 4 is 15.9 Å². The minimum Gasteiger partial charge on any atom is -0.388 e. The molecule has 4 nitrogen and oxygen atoms in total. The Morgan fingerprint density at radius 1 is 1.37 bits per heavy atom. The number of rotatable bonds is 5. The maximum Gasteiger partial charge on any atom is 0.138 e. The van der Waals surface area contributed by atoms with Gasteiger partial charge in [0.15, 0.2) is 0 Å². The summed E-state index contributed by atoms with van der Waals surface area (Å²) in [4.78, 5) is 4.24. The van der Waals surface area contributed by atoms with Crippen LogP contribution in [0.5, 0.6) is 0 Å². The van der Waals surface area contributed by atoms with Crippen LogP contribution in [0.4, 0.5) is 0 Å². The van der Waals surface area contributed by atoms with Gasteiger partial charge in [0.1, 0.15) is 12.2 Å². The van der Waals surface area contributed by atoms with Crippen molar-refractivity contribution < 1.29 is 5.11 Å². The highest BCUT2D eigenvalue weighted by atomic mass is 79.9. The van der Waals surface area contributed by atoms with Crippen LogP contribution in [-0.2, 0) is 13.0 Å². The molecular weight excluding hydrogens is 306 g/mol. The van der Waals surface area contributed by atoms with Gasteiger partial charge < -0.3 is 5.11 Å². The highest BCUT2D eigenvalue weighted by Crippen LogP contribution is 2.21. The summed E-state index contributed by atoms with van der Waals surface area (Å²) in [5, 5.41) is 14.5. The summed E-state index contributed by atoms with van der Waals surface area (Å²) in [6, 6.07) is 7.70. The number of benzene rings is 1. The van der Waals surface area contributed by atoms with E-state index < -0.39 is 6.10 Å². The molecule has 2 rings (SSSR count). The number of hydrogen-bond donors (Lipinski definition) is 1. The van der Waals surface area contributed by atoms with Gasteiger partial charge in [-0.2, -0.15) is 5.10 Å². The van der Waals surface area contributed by atoms with E-state index in [1.54, 1.807) is 6.33 Å². The number of hydrogen-bond acceptors (Lipinski definition) is 3. The van der Waals surface area contributed by atoms with Crippen molar-refractivity contribution in [1.29, 1.82) is 0 Å². The molecule has 0 saturated carbocycles. The Labute approximate surface area is 121 Å². The Morgan fingerprint density at radius 2 is 2.16 bits per heavy atom. The molecule has 0 fully saturated rings. The molecule has 1 aromatic carbocycles. The standard InChI is InChI=1S/C14H18BrN3O/c1-10(2)8-18-14(16-9-17-18)7-13(19)11-4-3-5-12(15)6-11/h3-6,9-10,13,19H,7-8H2,1-2H3. The van der Waals surface area contributed by atoms with Gasteiger partial charge in [0.25, 0.3) is 0 Å². The fourth-order valence-electron chi connectivity index (χ4n) is 1.95. The number of aromatic nitrogens is 3. The van der Waals surface area contributed by atoms with Gasteiger partial charge >= 0.3 is 0 Å². The average Bonchev–Trinajstić information content (AvgIpc) is 2.75. The second-order valence-electron chi connectivity index (χ2n) is 5.03. The number of nitrogens with zero attached hydrogens (tertiary/aromatic N) is 3. The molecule has 0 bridgehead atoms. The molecule has 102 valence electrons. The Kier molecular flexibility index (Phi) is 4.71. The van der Waals surface area contributed by atoms with E-state index in [0.29, 0.717) is 12.3 Å². The summed E-state index contributed by atoms with van der Waals surface area (Å²) in [5.74, 6) is 1.32. The molecular formula is C14H18BrN3O. The van der Waals surface area contributed by atoms with Crippen LogP contribution in [0.3, 0.4) is 0 Å². The Bertz CT molecular complexity index is 539. The van der Waals surface area contributed by atoms with Crippen molar-refractivity contribution in [3.05, 3.63) is 46.5 Å². The number of aliphatic hydroxyl groups is 1. The van der Waals surface area contributed by atoms with Crippen molar-refractivity contribution in [2.75, 3.05) is 0 Å². The van der Waals surface area contributed by atoms with Crippen molar-refractivity contribution in [3.63, 3.8) is 0 Å². The summed E-state index contributed by atoms with van der Waals surface area (Å²) in [7, 11) is 0. The zero-order valence-corrected chi connectivity index (χ0v) is 12.7. The van der Waals surface area contributed by atoms with Gasteiger partial charge in [-0.1, -0.05) is 41.9 Å². The third-order valence-electron chi connectivity index (χ3n) is 2.84. The molecule has 0 aliphatic heterocycles. The van der Waals surface area contributed by atoms with Crippen molar-refractivity contribution in [2.24, 2.45) is 5.92 Å². The van der Waals surface area contributed by atoms with Crippen molar-refractivity contribution in [2.45, 2.75) is 32.9 Å². The lowest BCUT2D eigenvalue weighted by atomic mass is 10.1. The highest BCUT2D eigenvalue weighted by molar-refractivity contribution is 9.10. The predicted molar refractivity (Wildman–Crippen MR) is 77.7 cm³/mol. The fraction of sp³-hybridized carbons (Fsp3) is 0.429. The molecule has 1 aromatic heterocycles. The minimum absolute atomic E-state index is 0.475. The van der Waals surface area contributed by atoms with E-state index in [-0.39, 0.29) is 0 Å². The smallest absolute Gasteiger partial charge is 0.138 e. The van der Waals surface area contributed by atoms with Crippen LogP contribution < -0.4 is 0 Å². The van der Waals surface area contributed by atoms with Crippen LogP contribution in [0, 0.1) is 5.92 Å². The van der Waals surface area contributed by atoms with Gasteiger partial charge in [-0.3, -0.25) is 0 Å². The van der Waals surface area contributed by atoms with E-state index in [1.165, 1.54) is 0 Å². The maximum absolute atomic E-state index is 10.3. The molecule has 0 amide bonds. The molecule has 1 heterocycles. The molecule has 0 spiro atoms. The molecule has 19 heavy (non-hydrogen) atoms.